The van der Waals surface area contributed by atoms with Crippen molar-refractivity contribution in [1.29, 1.82) is 0 Å². The number of hydrogen-bond acceptors (Lipinski definition) is 20. The molecule has 4 heterocycles. The highest BCUT2D eigenvalue weighted by atomic mass is 35.5. The molecule has 11 rings (SSSR count). The van der Waals surface area contributed by atoms with Gasteiger partial charge in [-0.15, -0.1) is 5.92 Å². The van der Waals surface area contributed by atoms with Gasteiger partial charge in [0.1, 0.15) is 54.5 Å². The molecular weight excluding hydrogens is 1280 g/mol. The van der Waals surface area contributed by atoms with Crippen LogP contribution in [0.25, 0.3) is 21.7 Å². The first kappa shape index (κ1) is 72.9. The average Bonchev–Trinajstić information content (AvgIpc) is 1.16. The minimum Gasteiger partial charge on any atom is -0.494 e. The quantitative estimate of drug-likeness (QED) is 0.0214. The molecule has 21 nitrogen and oxygen atoms in total. The van der Waals surface area contributed by atoms with Crippen molar-refractivity contribution in [3.63, 3.8) is 0 Å². The van der Waals surface area contributed by atoms with E-state index >= 15 is 0 Å². The number of aryl methyl sites for hydroxylation is 1. The Kier molecular flexibility index (Phi) is 27.1. The number of likely N-dealkylation sites (N-methyl/N-ethyl adjacent to an activating group) is 2. The largest absolute Gasteiger partial charge is 0.494 e. The van der Waals surface area contributed by atoms with Crippen molar-refractivity contribution in [3.8, 4) is 46.5 Å². The number of rotatable bonds is 27. The molecule has 0 unspecified atom stereocenters. The van der Waals surface area contributed by atoms with Crippen LogP contribution in [0.5, 0.6) is 34.6 Å². The lowest BCUT2D eigenvalue weighted by Crippen LogP contribution is -2.44. The molecule has 0 spiro atoms. The number of carbonyl (C=O) groups is 2. The highest BCUT2D eigenvalue weighted by Gasteiger charge is 2.22. The number of methoxy groups -OCH3 is 3. The van der Waals surface area contributed by atoms with E-state index in [1.807, 2.05) is 112 Å². The first-order chi connectivity index (χ1) is 48.1. The molecule has 1 atom stereocenters. The van der Waals surface area contributed by atoms with Crippen molar-refractivity contribution in [2.45, 2.75) is 32.8 Å². The number of piperazine rings is 1. The summed E-state index contributed by atoms with van der Waals surface area (Å²) in [6.07, 6.45) is 8.65. The normalized spacial score (nSPS) is 13.5. The fourth-order valence-electron chi connectivity index (χ4n) is 10.4. The monoisotopic (exact) mass is 1360 g/mol. The molecule has 7 aromatic carbocycles. The zero-order valence-electron chi connectivity index (χ0n) is 57.0. The lowest BCUT2D eigenvalue weighted by Gasteiger charge is -2.34. The van der Waals surface area contributed by atoms with Gasteiger partial charge in [0.15, 0.2) is 17.3 Å². The number of carbonyl (C=O) groups excluding carboxylic acids is 2. The number of anilines is 8. The molecule has 99 heavy (non-hydrogen) atoms. The summed E-state index contributed by atoms with van der Waals surface area (Å²) in [6, 6.07) is 39.4. The lowest BCUT2D eigenvalue weighted by molar-refractivity contribution is -0.114. The first-order valence-corrected chi connectivity index (χ1v) is 32.6. The van der Waals surface area contributed by atoms with E-state index in [2.05, 4.69) is 88.6 Å². The number of fused-ring (bicyclic) bond motifs is 2. The zero-order valence-corrected chi connectivity index (χ0v) is 57.7. The summed E-state index contributed by atoms with van der Waals surface area (Å²) in [7, 11) is 11.0. The summed E-state index contributed by atoms with van der Waals surface area (Å²) in [4.78, 5) is 48.6. The minimum absolute atomic E-state index is 0.00799. The molecule has 516 valence electrons. The summed E-state index contributed by atoms with van der Waals surface area (Å²) in [5.74, 6) is 9.71. The fraction of sp³-hybridized carbons (Fsp3) is 0.289. The van der Waals surface area contributed by atoms with Crippen LogP contribution in [0.4, 0.5) is 50.3 Å². The Morgan fingerprint density at radius 3 is 2.26 bits per heavy atom. The molecule has 2 aromatic heterocycles. The smallest absolute Gasteiger partial charge is 0.247 e. The van der Waals surface area contributed by atoms with Crippen LogP contribution in [-0.4, -0.2) is 162 Å². The van der Waals surface area contributed by atoms with Crippen LogP contribution in [0, 0.1) is 24.6 Å². The van der Waals surface area contributed by atoms with Gasteiger partial charge in [-0.25, -0.2) is 19.3 Å². The number of ketones is 1. The number of aromatic nitrogens is 4. The summed E-state index contributed by atoms with van der Waals surface area (Å²) >= 11 is 5.92. The summed E-state index contributed by atoms with van der Waals surface area (Å²) < 4.78 is 58.9. The summed E-state index contributed by atoms with van der Waals surface area (Å²) in [5, 5.41) is 15.4. The van der Waals surface area contributed by atoms with E-state index in [-0.39, 0.29) is 29.2 Å². The van der Waals surface area contributed by atoms with Gasteiger partial charge in [-0.05, 0) is 137 Å². The second-order valence-corrected chi connectivity index (χ2v) is 23.7. The van der Waals surface area contributed by atoms with Gasteiger partial charge in [0.2, 0.25) is 17.7 Å². The fourth-order valence-corrected chi connectivity index (χ4v) is 10.6. The molecule has 2 aliphatic rings. The van der Waals surface area contributed by atoms with Gasteiger partial charge in [0.05, 0.1) is 49.8 Å². The van der Waals surface area contributed by atoms with Crippen LogP contribution in [0.1, 0.15) is 30.0 Å². The van der Waals surface area contributed by atoms with E-state index in [0.717, 1.165) is 82.8 Å². The van der Waals surface area contributed by atoms with E-state index in [1.165, 1.54) is 24.5 Å². The molecule has 2 fully saturated rings. The van der Waals surface area contributed by atoms with E-state index in [1.54, 1.807) is 63.9 Å². The number of ether oxygens (including phenoxy) is 8. The molecule has 2 saturated heterocycles. The Morgan fingerprint density at radius 2 is 1.54 bits per heavy atom. The Bertz CT molecular complexity index is 4330. The van der Waals surface area contributed by atoms with E-state index < -0.39 is 5.82 Å². The highest BCUT2D eigenvalue weighted by molar-refractivity contribution is 6.31. The second kappa shape index (κ2) is 36.8. The molecule has 9 aromatic rings. The van der Waals surface area contributed by atoms with Gasteiger partial charge in [-0.3, -0.25) is 9.59 Å². The van der Waals surface area contributed by atoms with Gasteiger partial charge in [0.25, 0.3) is 0 Å². The predicted molar refractivity (Wildman–Crippen MR) is 390 cm³/mol. The molecule has 4 N–H and O–H groups in total. The molecule has 0 saturated carbocycles. The third kappa shape index (κ3) is 21.6. The number of benzene rings is 7. The molecule has 1 amide bonds. The van der Waals surface area contributed by atoms with Crippen LogP contribution in [0.15, 0.2) is 165 Å². The van der Waals surface area contributed by atoms with Crippen molar-refractivity contribution in [3.05, 3.63) is 192 Å². The van der Waals surface area contributed by atoms with Crippen LogP contribution < -0.4 is 49.9 Å². The van der Waals surface area contributed by atoms with Gasteiger partial charge in [0, 0.05) is 140 Å². The summed E-state index contributed by atoms with van der Waals surface area (Å²) in [5.41, 5.74) is 8.15. The Balaban J connectivity index is 0.000000174. The van der Waals surface area contributed by atoms with Gasteiger partial charge < -0.3 is 73.9 Å². The molecule has 0 bridgehead atoms. The van der Waals surface area contributed by atoms with Crippen LogP contribution >= 0.6 is 11.6 Å². The van der Waals surface area contributed by atoms with E-state index in [9.17, 15) is 14.0 Å². The minimum atomic E-state index is -0.499. The first-order valence-electron chi connectivity index (χ1n) is 32.2. The Morgan fingerprint density at radius 1 is 0.778 bits per heavy atom. The maximum atomic E-state index is 13.6. The Labute approximate surface area is 582 Å². The van der Waals surface area contributed by atoms with Gasteiger partial charge in [-0.2, -0.15) is 4.98 Å². The van der Waals surface area contributed by atoms with E-state index in [4.69, 9.17) is 49.5 Å². The summed E-state index contributed by atoms with van der Waals surface area (Å²) in [6.45, 7) is 14.9. The maximum Gasteiger partial charge on any atom is 0.247 e. The van der Waals surface area contributed by atoms with Gasteiger partial charge >= 0.3 is 0 Å². The number of nitrogens with zero attached hydrogens (tertiary/aromatic N) is 7. The van der Waals surface area contributed by atoms with Crippen LogP contribution in [0.3, 0.4) is 0 Å². The van der Waals surface area contributed by atoms with Crippen LogP contribution in [0.2, 0.25) is 5.02 Å². The number of halogens is 2. The molecular formula is C76H83ClFN11O10. The number of amides is 1. The van der Waals surface area contributed by atoms with Crippen molar-refractivity contribution in [1.82, 2.24) is 29.7 Å². The van der Waals surface area contributed by atoms with Gasteiger partial charge in [-0.1, -0.05) is 54.4 Å². The van der Waals surface area contributed by atoms with Crippen molar-refractivity contribution >= 4 is 90.9 Å². The molecule has 2 aliphatic heterocycles. The molecule has 0 radical (unpaired) electrons. The average molecular weight is 1370 g/mol. The Hall–Kier alpha value is -10.4. The van der Waals surface area contributed by atoms with E-state index in [0.29, 0.717) is 115 Å². The number of hydrogen-bond donors (Lipinski definition) is 4. The number of allylic oxidation sites excluding steroid dienone is 1. The zero-order chi connectivity index (χ0) is 70.0. The highest BCUT2D eigenvalue weighted by Crippen LogP contribution is 2.39. The van der Waals surface area contributed by atoms with Crippen molar-refractivity contribution in [2.24, 2.45) is 0 Å². The lowest BCUT2D eigenvalue weighted by atomic mass is 10.0. The molecule has 0 aliphatic carbocycles. The molecule has 23 heteroatoms. The number of nitrogens with one attached hydrogen (secondary N) is 4. The van der Waals surface area contributed by atoms with Crippen molar-refractivity contribution in [2.75, 3.05) is 141 Å². The standard InChI is InChI=1S/C26H30N6O3.C25H26ClFN4O3.C25H27NO4/c1-5-24(33)28-19-7-6-8-21(15-19)35-25-18(2)17-27-26(30-25)29-22-10-9-20(16-23(22)34-4)32-13-11-31(3)12-14-32;1-31(2)8-3-4-18(32)10-16-11-20-23(13-24(16)34-19-7-9-33-14-19)28-15-29-25(20)30-17-5-6-22(27)21(26)12-17;1-4-7-19-8-5-10-21(16-19)26-23-11-6-9-20-17-24(29-14-12-27-2)25(18-22(20)23)30-15-13-28-3/h5-10,15-17H,1,11-14H2,2-4H3,(H,28,33)(H,27,29,30);3-6,11-13,15,19H,7-10,14H2,1-2H3,(H,28,29,30);5-6,8-11,16-18,26H,12-15H2,1-3H3/b;4-3+;/t;19-;/m.0./s1. The maximum absolute atomic E-state index is 13.6. The second-order valence-electron chi connectivity index (χ2n) is 23.3. The third-order valence-corrected chi connectivity index (χ3v) is 15.8. The third-order valence-electron chi connectivity index (χ3n) is 15.5. The topological polar surface area (TPSA) is 217 Å². The predicted octanol–water partition coefficient (Wildman–Crippen LogP) is 13.8. The SMILES string of the molecule is C=CC(=O)Nc1cccc(Oc2nc(Nc3ccc(N4CCN(C)CC4)cc3OC)ncc2C)c1.CC#Cc1cccc(Nc2cccc3cc(OCCOC)c(OCCOC)cc23)c1.CN(C)C/C=C/C(=O)Cc1cc2c(Nc3ccc(F)c(Cl)c3)ncnc2cc1O[C@H]1CCOC1. The van der Waals surface area contributed by atoms with Crippen LogP contribution in [-0.2, 0) is 30.2 Å². The van der Waals surface area contributed by atoms with Crippen molar-refractivity contribution < 1.29 is 51.9 Å².